The first-order valence-corrected chi connectivity index (χ1v) is 14.4. The van der Waals surface area contributed by atoms with Crippen molar-refractivity contribution in [2.45, 2.75) is 0 Å². The Labute approximate surface area is 249 Å². The van der Waals surface area contributed by atoms with Gasteiger partial charge >= 0.3 is 0 Å². The van der Waals surface area contributed by atoms with E-state index in [2.05, 4.69) is 127 Å². The molecule has 0 unspecified atom stereocenters. The smallest absolute Gasteiger partial charge is 0.161 e. The zero-order chi connectivity index (χ0) is 28.6. The molecule has 2 aromatic heterocycles. The Hall–Kier alpha value is -5.80. The molecule has 202 valence electrons. The molecule has 0 aliphatic carbocycles. The van der Waals surface area contributed by atoms with Crippen LogP contribution < -0.4 is 0 Å². The third-order valence-electron chi connectivity index (χ3n) is 7.95. The van der Waals surface area contributed by atoms with Crippen molar-refractivity contribution in [2.24, 2.45) is 0 Å². The van der Waals surface area contributed by atoms with Crippen LogP contribution in [0.4, 0.5) is 0 Å². The van der Waals surface area contributed by atoms with Gasteiger partial charge in [0.05, 0.1) is 11.4 Å². The largest absolute Gasteiger partial charge is 0.455 e. The summed E-state index contributed by atoms with van der Waals surface area (Å²) in [5.41, 5.74) is 10.8. The minimum absolute atomic E-state index is 0.669. The summed E-state index contributed by atoms with van der Waals surface area (Å²) in [6, 6.07) is 54.2. The van der Waals surface area contributed by atoms with E-state index in [1.165, 1.54) is 0 Å². The lowest BCUT2D eigenvalue weighted by molar-refractivity contribution is 0.670. The van der Waals surface area contributed by atoms with Gasteiger partial charge in [-0.3, -0.25) is 0 Å². The van der Waals surface area contributed by atoms with Gasteiger partial charge in [-0.1, -0.05) is 140 Å². The van der Waals surface area contributed by atoms with E-state index < -0.39 is 0 Å². The number of nitrogens with zero attached hydrogens (tertiary/aromatic N) is 2. The molecule has 0 atom stereocenters. The maximum atomic E-state index is 6.45. The number of aromatic nitrogens is 2. The summed E-state index contributed by atoms with van der Waals surface area (Å²) in [4.78, 5) is 10.5. The molecule has 3 heteroatoms. The average Bonchev–Trinajstić information content (AvgIpc) is 3.48. The minimum Gasteiger partial charge on any atom is -0.455 e. The van der Waals surface area contributed by atoms with Crippen LogP contribution in [0.1, 0.15) is 0 Å². The van der Waals surface area contributed by atoms with Crippen LogP contribution in [0.15, 0.2) is 162 Å². The van der Waals surface area contributed by atoms with Gasteiger partial charge in [0.1, 0.15) is 11.2 Å². The van der Waals surface area contributed by atoms with Crippen LogP contribution in [0.2, 0.25) is 0 Å². The molecule has 6 aromatic carbocycles. The maximum absolute atomic E-state index is 6.45. The van der Waals surface area contributed by atoms with Gasteiger partial charge in [0.2, 0.25) is 0 Å². The lowest BCUT2D eigenvalue weighted by atomic mass is 9.95. The van der Waals surface area contributed by atoms with Crippen LogP contribution >= 0.6 is 0 Å². The Bertz CT molecular complexity index is 2130. The van der Waals surface area contributed by atoms with Gasteiger partial charge in [-0.15, -0.1) is 0 Å². The Kier molecular flexibility index (Phi) is 6.12. The van der Waals surface area contributed by atoms with Crippen LogP contribution in [0.5, 0.6) is 0 Å². The number of para-hydroxylation sites is 2. The van der Waals surface area contributed by atoms with E-state index in [0.29, 0.717) is 5.82 Å². The summed E-state index contributed by atoms with van der Waals surface area (Å²) in [6.07, 6.45) is 0. The van der Waals surface area contributed by atoms with Crippen LogP contribution in [-0.2, 0) is 0 Å². The fourth-order valence-electron chi connectivity index (χ4n) is 5.92. The first-order valence-electron chi connectivity index (χ1n) is 14.4. The number of benzene rings is 6. The molecule has 0 amide bonds. The van der Waals surface area contributed by atoms with Gasteiger partial charge in [0.25, 0.3) is 0 Å². The molecular formula is C40H26N2O. The Morgan fingerprint density at radius 3 is 1.56 bits per heavy atom. The molecular weight excluding hydrogens is 524 g/mol. The predicted molar refractivity (Wildman–Crippen MR) is 176 cm³/mol. The molecule has 2 heterocycles. The molecule has 0 spiro atoms. The number of fused-ring (bicyclic) bond motifs is 3. The van der Waals surface area contributed by atoms with Gasteiger partial charge in [-0.25, -0.2) is 9.97 Å². The standard InChI is InChI=1S/C40H26N2O/c1-3-14-27(15-4-1)29-18-7-9-20-31(29)36-26-37(35-24-13-23-33-32-21-11-12-25-38(32)43-39(33)35)42-40(41-36)34-22-10-8-19-30(34)28-16-5-2-6-17-28/h1-26H. The zero-order valence-electron chi connectivity index (χ0n) is 23.3. The fraction of sp³-hybridized carbons (Fsp3) is 0. The van der Waals surface area contributed by atoms with Crippen molar-refractivity contribution in [2.75, 3.05) is 0 Å². The van der Waals surface area contributed by atoms with Crippen LogP contribution in [0, 0.1) is 0 Å². The SMILES string of the molecule is c1ccc(-c2ccccc2-c2cc(-c3cccc4c3oc3ccccc34)nc(-c3ccccc3-c3ccccc3)n2)cc1. The van der Waals surface area contributed by atoms with Crippen molar-refractivity contribution in [3.8, 4) is 56.2 Å². The predicted octanol–water partition coefficient (Wildman–Crippen LogP) is 10.7. The fourth-order valence-corrected chi connectivity index (χ4v) is 5.92. The highest BCUT2D eigenvalue weighted by Crippen LogP contribution is 2.39. The normalized spacial score (nSPS) is 11.3. The zero-order valence-corrected chi connectivity index (χ0v) is 23.3. The third kappa shape index (κ3) is 4.48. The molecule has 43 heavy (non-hydrogen) atoms. The molecule has 0 bridgehead atoms. The van der Waals surface area contributed by atoms with Crippen molar-refractivity contribution >= 4 is 21.9 Å². The summed E-state index contributed by atoms with van der Waals surface area (Å²) in [5, 5.41) is 2.17. The second-order valence-corrected chi connectivity index (χ2v) is 10.6. The lowest BCUT2D eigenvalue weighted by Gasteiger charge is -2.15. The highest BCUT2D eigenvalue weighted by molar-refractivity contribution is 6.09. The van der Waals surface area contributed by atoms with E-state index in [1.54, 1.807) is 0 Å². The van der Waals surface area contributed by atoms with Gasteiger partial charge in [0.15, 0.2) is 5.82 Å². The van der Waals surface area contributed by atoms with Crippen molar-refractivity contribution in [3.63, 3.8) is 0 Å². The first-order chi connectivity index (χ1) is 21.3. The molecule has 0 aliphatic rings. The second-order valence-electron chi connectivity index (χ2n) is 10.6. The molecule has 0 saturated carbocycles. The molecule has 0 aliphatic heterocycles. The molecule has 0 saturated heterocycles. The molecule has 0 radical (unpaired) electrons. The maximum Gasteiger partial charge on any atom is 0.161 e. The third-order valence-corrected chi connectivity index (χ3v) is 7.95. The van der Waals surface area contributed by atoms with Gasteiger partial charge in [-0.05, 0) is 40.5 Å². The molecule has 8 aromatic rings. The van der Waals surface area contributed by atoms with Crippen molar-refractivity contribution in [1.29, 1.82) is 0 Å². The Morgan fingerprint density at radius 1 is 0.372 bits per heavy atom. The van der Waals surface area contributed by atoms with E-state index in [-0.39, 0.29) is 0 Å². The van der Waals surface area contributed by atoms with Crippen molar-refractivity contribution in [3.05, 3.63) is 158 Å². The molecule has 3 nitrogen and oxygen atoms in total. The summed E-state index contributed by atoms with van der Waals surface area (Å²) in [6.45, 7) is 0. The van der Waals surface area contributed by atoms with E-state index in [1.807, 2.05) is 30.3 Å². The van der Waals surface area contributed by atoms with Gasteiger partial charge in [0, 0.05) is 27.5 Å². The van der Waals surface area contributed by atoms with Crippen molar-refractivity contribution in [1.82, 2.24) is 9.97 Å². The highest BCUT2D eigenvalue weighted by Gasteiger charge is 2.19. The highest BCUT2D eigenvalue weighted by atomic mass is 16.3. The summed E-state index contributed by atoms with van der Waals surface area (Å²) >= 11 is 0. The quantitative estimate of drug-likeness (QED) is 0.214. The summed E-state index contributed by atoms with van der Waals surface area (Å²) in [5.74, 6) is 0.669. The summed E-state index contributed by atoms with van der Waals surface area (Å²) < 4.78 is 6.45. The van der Waals surface area contributed by atoms with Gasteiger partial charge in [-0.2, -0.15) is 0 Å². The number of hydrogen-bond donors (Lipinski definition) is 0. The molecule has 0 fully saturated rings. The van der Waals surface area contributed by atoms with E-state index >= 15 is 0 Å². The average molecular weight is 551 g/mol. The molecule has 0 N–H and O–H groups in total. The van der Waals surface area contributed by atoms with E-state index in [0.717, 1.165) is 72.3 Å². The number of rotatable bonds is 5. The van der Waals surface area contributed by atoms with E-state index in [4.69, 9.17) is 14.4 Å². The van der Waals surface area contributed by atoms with Crippen LogP contribution in [0.3, 0.4) is 0 Å². The number of hydrogen-bond acceptors (Lipinski definition) is 3. The minimum atomic E-state index is 0.669. The lowest BCUT2D eigenvalue weighted by Crippen LogP contribution is -1.98. The van der Waals surface area contributed by atoms with Crippen molar-refractivity contribution < 1.29 is 4.42 Å². The molecule has 8 rings (SSSR count). The van der Waals surface area contributed by atoms with Crippen LogP contribution in [0.25, 0.3) is 78.1 Å². The monoisotopic (exact) mass is 550 g/mol. The first kappa shape index (κ1) is 25.0. The van der Waals surface area contributed by atoms with E-state index in [9.17, 15) is 0 Å². The van der Waals surface area contributed by atoms with Crippen LogP contribution in [-0.4, -0.2) is 9.97 Å². The Morgan fingerprint density at radius 2 is 0.860 bits per heavy atom. The second kappa shape index (κ2) is 10.6. The van der Waals surface area contributed by atoms with Gasteiger partial charge < -0.3 is 4.42 Å². The number of furan rings is 1. The summed E-state index contributed by atoms with van der Waals surface area (Å²) in [7, 11) is 0. The Balaban J connectivity index is 1.41. The topological polar surface area (TPSA) is 38.9 Å².